The highest BCUT2D eigenvalue weighted by molar-refractivity contribution is 6.13. The fourth-order valence-corrected chi connectivity index (χ4v) is 2.38. The summed E-state index contributed by atoms with van der Waals surface area (Å²) in [5.41, 5.74) is 2.54. The van der Waals surface area contributed by atoms with Gasteiger partial charge in [0.05, 0.1) is 11.1 Å². The number of aromatic hydroxyl groups is 1. The molecule has 0 aliphatic carbocycles. The van der Waals surface area contributed by atoms with E-state index in [-0.39, 0.29) is 17.0 Å². The van der Waals surface area contributed by atoms with Gasteiger partial charge in [0.2, 0.25) is 0 Å². The lowest BCUT2D eigenvalue weighted by molar-refractivity contribution is -0.384. The Hall–Kier alpha value is -3.80. The minimum atomic E-state index is -0.528. The van der Waals surface area contributed by atoms with Crippen molar-refractivity contribution in [1.29, 1.82) is 0 Å². The Balaban J connectivity index is 1.98. The van der Waals surface area contributed by atoms with E-state index in [1.54, 1.807) is 0 Å². The Morgan fingerprint density at radius 1 is 0.923 bits per heavy atom. The molecule has 0 amide bonds. The lowest BCUT2D eigenvalue weighted by Crippen LogP contribution is -2.02. The monoisotopic (exact) mass is 345 g/mol. The zero-order valence-corrected chi connectivity index (χ0v) is 13.7. The second-order valence-corrected chi connectivity index (χ2v) is 5.43. The first-order chi connectivity index (χ1) is 12.6. The van der Waals surface area contributed by atoms with Gasteiger partial charge in [0, 0.05) is 28.8 Å². The highest BCUT2D eigenvalue weighted by Crippen LogP contribution is 2.21. The van der Waals surface area contributed by atoms with Crippen molar-refractivity contribution in [2.45, 2.75) is 0 Å². The molecular weight excluding hydrogens is 330 g/mol. The molecule has 0 aliphatic rings. The van der Waals surface area contributed by atoms with Crippen molar-refractivity contribution >= 4 is 17.6 Å². The SMILES string of the molecule is O=[N+]([O-])c1ccc(O)c(/C=N\N=C(c2ccccc2)c2ccccc2)c1. The molecule has 0 fully saturated rings. The van der Waals surface area contributed by atoms with Gasteiger partial charge in [-0.15, -0.1) is 5.10 Å². The lowest BCUT2D eigenvalue weighted by atomic mass is 10.0. The molecule has 0 bridgehead atoms. The number of nitrogens with zero attached hydrogens (tertiary/aromatic N) is 3. The summed E-state index contributed by atoms with van der Waals surface area (Å²) in [6.45, 7) is 0. The zero-order valence-electron chi connectivity index (χ0n) is 13.7. The third-order valence-corrected chi connectivity index (χ3v) is 3.67. The maximum Gasteiger partial charge on any atom is 0.270 e. The van der Waals surface area contributed by atoms with E-state index in [2.05, 4.69) is 10.2 Å². The molecule has 3 aromatic rings. The zero-order chi connectivity index (χ0) is 18.4. The molecular formula is C20H15N3O3. The van der Waals surface area contributed by atoms with Crippen LogP contribution in [0.2, 0.25) is 0 Å². The summed E-state index contributed by atoms with van der Waals surface area (Å²) in [5.74, 6) is -0.101. The first-order valence-electron chi connectivity index (χ1n) is 7.84. The fraction of sp³-hybridized carbons (Fsp3) is 0. The first kappa shape index (κ1) is 17.0. The van der Waals surface area contributed by atoms with E-state index < -0.39 is 4.92 Å². The Morgan fingerprint density at radius 3 is 2.04 bits per heavy atom. The van der Waals surface area contributed by atoms with Crippen LogP contribution in [0.1, 0.15) is 16.7 Å². The molecule has 0 aliphatic heterocycles. The molecule has 0 radical (unpaired) electrons. The number of phenolic OH excluding ortho intramolecular Hbond substituents is 1. The largest absolute Gasteiger partial charge is 0.507 e. The first-order valence-corrected chi connectivity index (χ1v) is 7.84. The van der Waals surface area contributed by atoms with Crippen LogP contribution in [-0.4, -0.2) is 22.0 Å². The molecule has 0 unspecified atom stereocenters. The van der Waals surface area contributed by atoms with Gasteiger partial charge in [-0.1, -0.05) is 60.7 Å². The Kier molecular flexibility index (Phi) is 5.14. The highest BCUT2D eigenvalue weighted by Gasteiger charge is 2.09. The van der Waals surface area contributed by atoms with Gasteiger partial charge in [-0.25, -0.2) is 0 Å². The van der Waals surface area contributed by atoms with Crippen molar-refractivity contribution in [2.75, 3.05) is 0 Å². The number of nitro benzene ring substituents is 1. The predicted octanol–water partition coefficient (Wildman–Crippen LogP) is 4.17. The van der Waals surface area contributed by atoms with Crippen molar-refractivity contribution in [3.63, 3.8) is 0 Å². The van der Waals surface area contributed by atoms with E-state index in [9.17, 15) is 15.2 Å². The molecule has 0 saturated heterocycles. The normalized spacial score (nSPS) is 10.6. The Morgan fingerprint density at radius 2 is 1.50 bits per heavy atom. The van der Waals surface area contributed by atoms with Crippen LogP contribution in [0.3, 0.4) is 0 Å². The predicted molar refractivity (Wildman–Crippen MR) is 101 cm³/mol. The molecule has 0 spiro atoms. The maximum absolute atomic E-state index is 10.9. The molecule has 1 N–H and O–H groups in total. The van der Waals surface area contributed by atoms with E-state index in [1.165, 1.54) is 24.4 Å². The molecule has 3 aromatic carbocycles. The van der Waals surface area contributed by atoms with Crippen molar-refractivity contribution in [1.82, 2.24) is 0 Å². The minimum absolute atomic E-state index is 0.101. The molecule has 26 heavy (non-hydrogen) atoms. The number of hydrogen-bond donors (Lipinski definition) is 1. The smallest absolute Gasteiger partial charge is 0.270 e. The van der Waals surface area contributed by atoms with Crippen molar-refractivity contribution < 1.29 is 10.0 Å². The van der Waals surface area contributed by atoms with Crippen LogP contribution in [-0.2, 0) is 0 Å². The van der Waals surface area contributed by atoms with E-state index in [4.69, 9.17) is 0 Å². The van der Waals surface area contributed by atoms with Crippen molar-refractivity contribution in [2.24, 2.45) is 10.2 Å². The molecule has 0 aromatic heterocycles. The third-order valence-electron chi connectivity index (χ3n) is 3.67. The number of nitro groups is 1. The lowest BCUT2D eigenvalue weighted by Gasteiger charge is -2.05. The van der Waals surface area contributed by atoms with Crippen LogP contribution >= 0.6 is 0 Å². The van der Waals surface area contributed by atoms with Crippen LogP contribution in [0.4, 0.5) is 5.69 Å². The van der Waals surface area contributed by atoms with Crippen molar-refractivity contribution in [3.05, 3.63) is 106 Å². The van der Waals surface area contributed by atoms with Gasteiger partial charge < -0.3 is 5.11 Å². The van der Waals surface area contributed by atoms with E-state index in [0.29, 0.717) is 5.71 Å². The van der Waals surface area contributed by atoms with Crippen LogP contribution < -0.4 is 0 Å². The summed E-state index contributed by atoms with van der Waals surface area (Å²) < 4.78 is 0. The molecule has 0 atom stereocenters. The number of rotatable bonds is 5. The Labute approximate surface area is 149 Å². The second kappa shape index (κ2) is 7.85. The van der Waals surface area contributed by atoms with Crippen LogP contribution in [0, 0.1) is 10.1 Å². The minimum Gasteiger partial charge on any atom is -0.507 e. The molecule has 0 saturated carbocycles. The van der Waals surface area contributed by atoms with E-state index in [1.807, 2.05) is 60.7 Å². The maximum atomic E-state index is 10.9. The molecule has 128 valence electrons. The van der Waals surface area contributed by atoms with Gasteiger partial charge in [-0.2, -0.15) is 5.10 Å². The van der Waals surface area contributed by atoms with Gasteiger partial charge in [0.25, 0.3) is 5.69 Å². The van der Waals surface area contributed by atoms with E-state index in [0.717, 1.165) is 11.1 Å². The van der Waals surface area contributed by atoms with Gasteiger partial charge in [-0.3, -0.25) is 10.1 Å². The average molecular weight is 345 g/mol. The quantitative estimate of drug-likeness (QED) is 0.427. The standard InChI is InChI=1S/C20H15N3O3/c24-19-12-11-18(23(25)26)13-17(19)14-21-22-20(15-7-3-1-4-8-15)16-9-5-2-6-10-16/h1-14,24H/b21-14-. The number of non-ortho nitro benzene ring substituents is 1. The van der Waals surface area contributed by atoms with Crippen LogP contribution in [0.5, 0.6) is 5.75 Å². The number of phenols is 1. The summed E-state index contributed by atoms with van der Waals surface area (Å²) in [6, 6.07) is 22.9. The topological polar surface area (TPSA) is 88.1 Å². The van der Waals surface area contributed by atoms with Gasteiger partial charge >= 0.3 is 0 Å². The highest BCUT2D eigenvalue weighted by atomic mass is 16.6. The van der Waals surface area contributed by atoms with Gasteiger partial charge in [0.1, 0.15) is 11.5 Å². The third kappa shape index (κ3) is 3.99. The average Bonchev–Trinajstić information content (AvgIpc) is 2.67. The molecule has 6 nitrogen and oxygen atoms in total. The summed E-state index contributed by atoms with van der Waals surface area (Å²) in [6.07, 6.45) is 1.30. The summed E-state index contributed by atoms with van der Waals surface area (Å²) >= 11 is 0. The molecule has 6 heteroatoms. The number of hydrogen-bond acceptors (Lipinski definition) is 5. The van der Waals surface area contributed by atoms with Crippen LogP contribution in [0.15, 0.2) is 89.1 Å². The summed E-state index contributed by atoms with van der Waals surface area (Å²) in [5, 5.41) is 29.0. The molecule has 0 heterocycles. The van der Waals surface area contributed by atoms with Crippen LogP contribution in [0.25, 0.3) is 0 Å². The van der Waals surface area contributed by atoms with Gasteiger partial charge in [-0.05, 0) is 6.07 Å². The molecule has 3 rings (SSSR count). The second-order valence-electron chi connectivity index (χ2n) is 5.43. The number of benzene rings is 3. The van der Waals surface area contributed by atoms with E-state index >= 15 is 0 Å². The van der Waals surface area contributed by atoms with Crippen molar-refractivity contribution in [3.8, 4) is 5.75 Å². The summed E-state index contributed by atoms with van der Waals surface area (Å²) in [4.78, 5) is 10.3. The summed E-state index contributed by atoms with van der Waals surface area (Å²) in [7, 11) is 0. The van der Waals surface area contributed by atoms with Gasteiger partial charge in [0.15, 0.2) is 0 Å². The Bertz CT molecular complexity index is 927. The fourth-order valence-electron chi connectivity index (χ4n) is 2.38.